The fourth-order valence-electron chi connectivity index (χ4n) is 3.53. The molecule has 0 aliphatic carbocycles. The van der Waals surface area contributed by atoms with E-state index in [1.165, 1.54) is 10.6 Å². The lowest BCUT2D eigenvalue weighted by molar-refractivity contribution is 0.163. The minimum Gasteiger partial charge on any atom is -0.493 e. The third kappa shape index (κ3) is 5.48. The third-order valence-corrected chi connectivity index (χ3v) is 7.53. The average molecular weight is 440 g/mol. The second-order valence-electron chi connectivity index (χ2n) is 7.23. The van der Waals surface area contributed by atoms with Crippen LogP contribution in [0.15, 0.2) is 23.6 Å². The van der Waals surface area contributed by atoms with Gasteiger partial charge in [-0.25, -0.2) is 17.7 Å². The predicted octanol–water partition coefficient (Wildman–Crippen LogP) is 3.07. The third-order valence-electron chi connectivity index (χ3n) is 5.24. The van der Waals surface area contributed by atoms with Gasteiger partial charge in [0.05, 0.1) is 25.7 Å². The zero-order valence-corrected chi connectivity index (χ0v) is 19.1. The zero-order chi connectivity index (χ0) is 21.0. The number of nitrogens with zero attached hydrogens (tertiary/aromatic N) is 3. The van der Waals surface area contributed by atoms with Gasteiger partial charge in [0.2, 0.25) is 10.0 Å². The van der Waals surface area contributed by atoms with Crippen molar-refractivity contribution >= 4 is 21.4 Å². The predicted molar refractivity (Wildman–Crippen MR) is 116 cm³/mol. The van der Waals surface area contributed by atoms with Crippen LogP contribution in [-0.2, 0) is 16.6 Å². The van der Waals surface area contributed by atoms with Crippen molar-refractivity contribution in [2.45, 2.75) is 32.4 Å². The van der Waals surface area contributed by atoms with Crippen LogP contribution in [0.5, 0.6) is 11.5 Å². The first-order valence-corrected chi connectivity index (χ1v) is 12.5. The maximum Gasteiger partial charge on any atom is 0.211 e. The van der Waals surface area contributed by atoms with Crippen molar-refractivity contribution in [2.75, 3.05) is 40.1 Å². The molecule has 0 N–H and O–H groups in total. The number of aromatic nitrogens is 1. The molecule has 3 rings (SSSR count). The Morgan fingerprint density at radius 1 is 1.28 bits per heavy atom. The molecule has 0 saturated carbocycles. The molecule has 9 heteroatoms. The van der Waals surface area contributed by atoms with Gasteiger partial charge in [0.15, 0.2) is 11.5 Å². The molecule has 1 aromatic carbocycles. The Morgan fingerprint density at radius 3 is 2.62 bits per heavy atom. The van der Waals surface area contributed by atoms with Gasteiger partial charge in [0.1, 0.15) is 5.01 Å². The quantitative estimate of drug-likeness (QED) is 0.630. The van der Waals surface area contributed by atoms with Gasteiger partial charge in [0, 0.05) is 43.7 Å². The molecule has 7 nitrogen and oxygen atoms in total. The highest BCUT2D eigenvalue weighted by Crippen LogP contribution is 2.34. The van der Waals surface area contributed by atoms with E-state index >= 15 is 0 Å². The molecule has 0 radical (unpaired) electrons. The van der Waals surface area contributed by atoms with Gasteiger partial charge in [0.25, 0.3) is 0 Å². The van der Waals surface area contributed by atoms with Crippen molar-refractivity contribution < 1.29 is 17.9 Å². The van der Waals surface area contributed by atoms with Crippen LogP contribution in [0.4, 0.5) is 0 Å². The second kappa shape index (κ2) is 9.42. The lowest BCUT2D eigenvalue weighted by Gasteiger charge is -2.35. The van der Waals surface area contributed by atoms with Crippen LogP contribution >= 0.6 is 11.3 Å². The van der Waals surface area contributed by atoms with Gasteiger partial charge in [-0.15, -0.1) is 11.3 Å². The van der Waals surface area contributed by atoms with Crippen molar-refractivity contribution in [3.05, 3.63) is 29.3 Å². The summed E-state index contributed by atoms with van der Waals surface area (Å²) in [4.78, 5) is 7.13. The number of sulfonamides is 1. The van der Waals surface area contributed by atoms with Crippen LogP contribution < -0.4 is 9.47 Å². The normalized spacial score (nSPS) is 16.3. The van der Waals surface area contributed by atoms with Crippen molar-refractivity contribution in [1.82, 2.24) is 14.2 Å². The van der Waals surface area contributed by atoms with E-state index in [0.29, 0.717) is 12.4 Å². The van der Waals surface area contributed by atoms with Crippen molar-refractivity contribution in [2.24, 2.45) is 0 Å². The molecule has 0 atom stereocenters. The van der Waals surface area contributed by atoms with Gasteiger partial charge >= 0.3 is 0 Å². The molecule has 160 valence electrons. The fraction of sp³-hybridized carbons (Fsp3) is 0.550. The summed E-state index contributed by atoms with van der Waals surface area (Å²) >= 11 is 1.62. The maximum absolute atomic E-state index is 11.7. The summed E-state index contributed by atoms with van der Waals surface area (Å²) in [6.07, 6.45) is 2.96. The number of ether oxygens (including phenoxy) is 2. The Kier molecular flexibility index (Phi) is 7.15. The lowest BCUT2D eigenvalue weighted by atomic mass is 10.1. The number of rotatable bonds is 8. The first-order valence-electron chi connectivity index (χ1n) is 9.72. The Morgan fingerprint density at radius 2 is 2.00 bits per heavy atom. The number of thiazole rings is 1. The van der Waals surface area contributed by atoms with E-state index in [2.05, 4.69) is 10.3 Å². The topological polar surface area (TPSA) is 72.0 Å². The minimum atomic E-state index is -3.13. The molecule has 29 heavy (non-hydrogen) atoms. The molecule has 1 fully saturated rings. The molecule has 0 spiro atoms. The van der Waals surface area contributed by atoms with Crippen molar-refractivity contribution in [1.29, 1.82) is 0 Å². The number of likely N-dealkylation sites (tertiary alicyclic amines) is 1. The second-order valence-corrected chi connectivity index (χ2v) is 10.1. The summed E-state index contributed by atoms with van der Waals surface area (Å²) in [5.41, 5.74) is 2.04. The number of hydrogen-bond donors (Lipinski definition) is 0. The van der Waals surface area contributed by atoms with Gasteiger partial charge in [-0.05, 0) is 38.0 Å². The Hall–Kier alpha value is -1.68. The number of piperidine rings is 1. The summed E-state index contributed by atoms with van der Waals surface area (Å²) in [6, 6.07) is 5.97. The van der Waals surface area contributed by atoms with Crippen LogP contribution in [-0.4, -0.2) is 68.8 Å². The summed E-state index contributed by atoms with van der Waals surface area (Å²) in [5.74, 6) is 1.44. The molecular weight excluding hydrogens is 410 g/mol. The van der Waals surface area contributed by atoms with E-state index in [9.17, 15) is 8.42 Å². The van der Waals surface area contributed by atoms with Crippen LogP contribution in [0.25, 0.3) is 10.6 Å². The molecule has 1 saturated heterocycles. The highest BCUT2D eigenvalue weighted by atomic mass is 32.2. The number of hydrogen-bond acceptors (Lipinski definition) is 7. The zero-order valence-electron chi connectivity index (χ0n) is 17.4. The Balaban J connectivity index is 1.62. The van der Waals surface area contributed by atoms with E-state index in [0.717, 1.165) is 54.5 Å². The minimum absolute atomic E-state index is 0.0866. The van der Waals surface area contributed by atoms with Crippen LogP contribution in [0, 0.1) is 0 Å². The standard InChI is InChI=1S/C20H29N3O4S2/c1-5-27-18-7-6-15(12-19(18)26-3)20-21-16(14-28-20)13-23-10-8-17(9-11-23)22(2)29(4,24)25/h6-7,12,14,17H,5,8-11,13H2,1-4H3. The molecule has 2 heterocycles. The highest BCUT2D eigenvalue weighted by Gasteiger charge is 2.27. The fourth-order valence-corrected chi connectivity index (χ4v) is 5.09. The first kappa shape index (κ1) is 22.0. The summed E-state index contributed by atoms with van der Waals surface area (Å²) in [5, 5.41) is 3.04. The van der Waals surface area contributed by atoms with E-state index in [1.54, 1.807) is 25.5 Å². The summed E-state index contributed by atoms with van der Waals surface area (Å²) < 4.78 is 36.0. The van der Waals surface area contributed by atoms with Crippen LogP contribution in [0.2, 0.25) is 0 Å². The molecule has 0 unspecified atom stereocenters. The van der Waals surface area contributed by atoms with Crippen molar-refractivity contribution in [3.63, 3.8) is 0 Å². The van der Waals surface area contributed by atoms with Gasteiger partial charge in [-0.2, -0.15) is 0 Å². The maximum atomic E-state index is 11.7. The average Bonchev–Trinajstić information content (AvgIpc) is 3.16. The van der Waals surface area contributed by atoms with Gasteiger partial charge in [-0.1, -0.05) is 0 Å². The van der Waals surface area contributed by atoms with Crippen LogP contribution in [0.1, 0.15) is 25.5 Å². The molecule has 0 bridgehead atoms. The smallest absolute Gasteiger partial charge is 0.211 e. The van der Waals surface area contributed by atoms with E-state index in [4.69, 9.17) is 14.5 Å². The largest absolute Gasteiger partial charge is 0.493 e. The SMILES string of the molecule is CCOc1ccc(-c2nc(CN3CCC(N(C)S(C)(=O)=O)CC3)cs2)cc1OC. The van der Waals surface area contributed by atoms with Crippen molar-refractivity contribution in [3.8, 4) is 22.1 Å². The number of methoxy groups -OCH3 is 1. The molecular formula is C20H29N3O4S2. The Labute approximate surface area is 177 Å². The summed E-state index contributed by atoms with van der Waals surface area (Å²) in [7, 11) is 0.179. The summed E-state index contributed by atoms with van der Waals surface area (Å²) in [6.45, 7) is 5.05. The Bertz CT molecular complexity index is 922. The molecule has 0 amide bonds. The number of benzene rings is 1. The molecule has 2 aromatic rings. The van der Waals surface area contributed by atoms with Gasteiger partial charge in [-0.3, -0.25) is 4.90 Å². The van der Waals surface area contributed by atoms with E-state index in [1.807, 2.05) is 25.1 Å². The lowest BCUT2D eigenvalue weighted by Crippen LogP contribution is -2.44. The monoisotopic (exact) mass is 439 g/mol. The van der Waals surface area contributed by atoms with Gasteiger partial charge < -0.3 is 9.47 Å². The molecule has 1 aromatic heterocycles. The first-order chi connectivity index (χ1) is 13.8. The van der Waals surface area contributed by atoms with Crippen LogP contribution in [0.3, 0.4) is 0 Å². The highest BCUT2D eigenvalue weighted by molar-refractivity contribution is 7.88. The van der Waals surface area contributed by atoms with E-state index < -0.39 is 10.0 Å². The molecule has 1 aliphatic rings. The molecule has 1 aliphatic heterocycles. The van der Waals surface area contributed by atoms with E-state index in [-0.39, 0.29) is 6.04 Å².